The molecule has 19 heavy (non-hydrogen) atoms. The van der Waals surface area contributed by atoms with Gasteiger partial charge in [0.1, 0.15) is 5.75 Å². The summed E-state index contributed by atoms with van der Waals surface area (Å²) in [5, 5.41) is 2.93. The number of amides is 1. The predicted molar refractivity (Wildman–Crippen MR) is 67.0 cm³/mol. The van der Waals surface area contributed by atoms with Crippen molar-refractivity contribution >= 4 is 5.91 Å². The van der Waals surface area contributed by atoms with Crippen molar-refractivity contribution in [2.45, 2.75) is 38.8 Å². The monoisotopic (exact) mass is 269 g/mol. The molecule has 1 aliphatic rings. The van der Waals surface area contributed by atoms with Gasteiger partial charge < -0.3 is 10.1 Å². The lowest BCUT2D eigenvalue weighted by Crippen LogP contribution is -2.35. The van der Waals surface area contributed by atoms with Crippen LogP contribution in [0.4, 0.5) is 8.78 Å². The molecule has 0 heterocycles. The van der Waals surface area contributed by atoms with Crippen LogP contribution in [-0.4, -0.2) is 12.5 Å². The molecule has 1 aliphatic carbocycles. The van der Waals surface area contributed by atoms with Crippen LogP contribution in [-0.2, 0) is 4.79 Å². The summed E-state index contributed by atoms with van der Waals surface area (Å²) in [5.74, 6) is 0.340. The zero-order valence-electron chi connectivity index (χ0n) is 10.7. The molecule has 0 radical (unpaired) electrons. The average molecular weight is 269 g/mol. The Hall–Kier alpha value is -1.65. The molecule has 1 aromatic carbocycles. The van der Waals surface area contributed by atoms with Gasteiger partial charge in [0.25, 0.3) is 0 Å². The van der Waals surface area contributed by atoms with E-state index < -0.39 is 6.61 Å². The molecule has 2 rings (SSSR count). The van der Waals surface area contributed by atoms with E-state index in [-0.39, 0.29) is 23.6 Å². The van der Waals surface area contributed by atoms with Crippen LogP contribution in [0.1, 0.15) is 37.8 Å². The van der Waals surface area contributed by atoms with Crippen molar-refractivity contribution < 1.29 is 18.3 Å². The van der Waals surface area contributed by atoms with E-state index in [1.165, 1.54) is 12.1 Å². The summed E-state index contributed by atoms with van der Waals surface area (Å²) < 4.78 is 28.3. The lowest BCUT2D eigenvalue weighted by atomic mass is 9.84. The van der Waals surface area contributed by atoms with Gasteiger partial charge in [0.05, 0.1) is 6.04 Å². The van der Waals surface area contributed by atoms with Crippen molar-refractivity contribution in [2.75, 3.05) is 0 Å². The van der Waals surface area contributed by atoms with Crippen LogP contribution in [0.5, 0.6) is 5.75 Å². The zero-order valence-corrected chi connectivity index (χ0v) is 10.7. The van der Waals surface area contributed by atoms with E-state index in [0.29, 0.717) is 0 Å². The smallest absolute Gasteiger partial charge is 0.387 e. The van der Waals surface area contributed by atoms with E-state index in [4.69, 9.17) is 0 Å². The SMILES string of the molecule is CC(NC(=O)C1CCC1)c1ccc(OC(F)F)cc1. The number of benzene rings is 1. The van der Waals surface area contributed by atoms with Gasteiger partial charge in [0.2, 0.25) is 5.91 Å². The summed E-state index contributed by atoms with van der Waals surface area (Å²) >= 11 is 0. The second kappa shape index (κ2) is 5.99. The first-order valence-corrected chi connectivity index (χ1v) is 6.41. The predicted octanol–water partition coefficient (Wildman–Crippen LogP) is 3.27. The molecule has 1 fully saturated rings. The molecule has 0 aliphatic heterocycles. The summed E-state index contributed by atoms with van der Waals surface area (Å²) in [4.78, 5) is 11.8. The Bertz CT molecular complexity index is 430. The highest BCUT2D eigenvalue weighted by atomic mass is 19.3. The fraction of sp³-hybridized carbons (Fsp3) is 0.500. The number of hydrogen-bond acceptors (Lipinski definition) is 2. The van der Waals surface area contributed by atoms with Crippen molar-refractivity contribution in [3.05, 3.63) is 29.8 Å². The van der Waals surface area contributed by atoms with Crippen LogP contribution in [0.3, 0.4) is 0 Å². The molecule has 0 bridgehead atoms. The Labute approximate surface area is 111 Å². The lowest BCUT2D eigenvalue weighted by molar-refractivity contribution is -0.128. The molecule has 1 atom stereocenters. The minimum atomic E-state index is -2.82. The molecular formula is C14H17F2NO2. The number of rotatable bonds is 5. The van der Waals surface area contributed by atoms with Crippen LogP contribution in [0.25, 0.3) is 0 Å². The standard InChI is InChI=1S/C14H17F2NO2/c1-9(17-13(18)11-3-2-4-11)10-5-7-12(8-6-10)19-14(15)16/h5-9,11,14H,2-4H2,1H3,(H,17,18). The first-order valence-electron chi connectivity index (χ1n) is 6.41. The van der Waals surface area contributed by atoms with Gasteiger partial charge in [0, 0.05) is 5.92 Å². The van der Waals surface area contributed by atoms with Gasteiger partial charge in [-0.2, -0.15) is 8.78 Å². The number of alkyl halides is 2. The quantitative estimate of drug-likeness (QED) is 0.891. The Morgan fingerprint density at radius 2 is 1.95 bits per heavy atom. The molecule has 1 aromatic rings. The van der Waals surface area contributed by atoms with E-state index >= 15 is 0 Å². The third kappa shape index (κ3) is 3.66. The van der Waals surface area contributed by atoms with Gasteiger partial charge >= 0.3 is 6.61 Å². The van der Waals surface area contributed by atoms with Crippen LogP contribution in [0.15, 0.2) is 24.3 Å². The zero-order chi connectivity index (χ0) is 13.8. The van der Waals surface area contributed by atoms with Crippen molar-refractivity contribution in [3.63, 3.8) is 0 Å². The normalized spacial score (nSPS) is 16.8. The number of hydrogen-bond donors (Lipinski definition) is 1. The Morgan fingerprint density at radius 3 is 2.42 bits per heavy atom. The fourth-order valence-corrected chi connectivity index (χ4v) is 2.02. The number of halogens is 2. The van der Waals surface area contributed by atoms with Crippen molar-refractivity contribution in [2.24, 2.45) is 5.92 Å². The van der Waals surface area contributed by atoms with Gasteiger partial charge in [-0.05, 0) is 37.5 Å². The second-order valence-electron chi connectivity index (χ2n) is 4.81. The summed E-state index contributed by atoms with van der Waals surface area (Å²) in [6, 6.07) is 6.20. The summed E-state index contributed by atoms with van der Waals surface area (Å²) in [7, 11) is 0. The fourth-order valence-electron chi connectivity index (χ4n) is 2.02. The van der Waals surface area contributed by atoms with Crippen LogP contribution < -0.4 is 10.1 Å². The van der Waals surface area contributed by atoms with E-state index in [1.807, 2.05) is 6.92 Å². The number of carbonyl (C=O) groups excluding carboxylic acids is 1. The third-order valence-corrected chi connectivity index (χ3v) is 3.44. The van der Waals surface area contributed by atoms with Crippen LogP contribution in [0.2, 0.25) is 0 Å². The van der Waals surface area contributed by atoms with E-state index in [2.05, 4.69) is 10.1 Å². The highest BCUT2D eigenvalue weighted by molar-refractivity contribution is 5.79. The molecule has 104 valence electrons. The lowest BCUT2D eigenvalue weighted by Gasteiger charge is -2.26. The molecule has 1 amide bonds. The number of ether oxygens (including phenoxy) is 1. The van der Waals surface area contributed by atoms with Gasteiger partial charge in [-0.1, -0.05) is 18.6 Å². The molecule has 0 aromatic heterocycles. The number of nitrogens with one attached hydrogen (secondary N) is 1. The summed E-state index contributed by atoms with van der Waals surface area (Å²) in [5.41, 5.74) is 0.870. The minimum Gasteiger partial charge on any atom is -0.435 e. The second-order valence-corrected chi connectivity index (χ2v) is 4.81. The molecule has 0 spiro atoms. The van der Waals surface area contributed by atoms with Crippen LogP contribution >= 0.6 is 0 Å². The molecule has 3 nitrogen and oxygen atoms in total. The van der Waals surface area contributed by atoms with Gasteiger partial charge in [-0.15, -0.1) is 0 Å². The third-order valence-electron chi connectivity index (χ3n) is 3.44. The van der Waals surface area contributed by atoms with Crippen molar-refractivity contribution in [1.29, 1.82) is 0 Å². The largest absolute Gasteiger partial charge is 0.435 e. The summed E-state index contributed by atoms with van der Waals surface area (Å²) in [6.45, 7) is -0.943. The maximum absolute atomic E-state index is 12.0. The highest BCUT2D eigenvalue weighted by Gasteiger charge is 2.26. The average Bonchev–Trinajstić information content (AvgIpc) is 2.26. The molecule has 1 N–H and O–H groups in total. The van der Waals surface area contributed by atoms with Crippen molar-refractivity contribution in [1.82, 2.24) is 5.32 Å². The van der Waals surface area contributed by atoms with E-state index in [9.17, 15) is 13.6 Å². The molecule has 1 saturated carbocycles. The van der Waals surface area contributed by atoms with E-state index in [0.717, 1.165) is 24.8 Å². The molecule has 0 saturated heterocycles. The highest BCUT2D eigenvalue weighted by Crippen LogP contribution is 2.27. The van der Waals surface area contributed by atoms with Gasteiger partial charge in [0.15, 0.2) is 0 Å². The maximum atomic E-state index is 12.0. The Morgan fingerprint density at radius 1 is 1.32 bits per heavy atom. The first-order chi connectivity index (χ1) is 9.06. The summed E-state index contributed by atoms with van der Waals surface area (Å²) in [6.07, 6.45) is 3.03. The topological polar surface area (TPSA) is 38.3 Å². The van der Waals surface area contributed by atoms with Gasteiger partial charge in [-0.25, -0.2) is 0 Å². The van der Waals surface area contributed by atoms with E-state index in [1.54, 1.807) is 12.1 Å². The molecular weight excluding hydrogens is 252 g/mol. The Balaban J connectivity index is 1.91. The maximum Gasteiger partial charge on any atom is 0.387 e. The Kier molecular flexibility index (Phi) is 4.35. The molecule has 1 unspecified atom stereocenters. The minimum absolute atomic E-state index is 0.0756. The van der Waals surface area contributed by atoms with Crippen molar-refractivity contribution in [3.8, 4) is 5.75 Å². The molecule has 5 heteroatoms. The van der Waals surface area contributed by atoms with Gasteiger partial charge in [-0.3, -0.25) is 4.79 Å². The number of carbonyl (C=O) groups is 1. The first kappa shape index (κ1) is 13.8. The van der Waals surface area contributed by atoms with Crippen LogP contribution in [0, 0.1) is 5.92 Å².